The molecule has 6 nitrogen and oxygen atoms in total. The zero-order valence-electron chi connectivity index (χ0n) is 13.5. The first-order valence-electron chi connectivity index (χ1n) is 7.88. The number of hydrogen-bond acceptors (Lipinski definition) is 4. The van der Waals surface area contributed by atoms with Crippen LogP contribution in [0.5, 0.6) is 0 Å². The van der Waals surface area contributed by atoms with E-state index >= 15 is 0 Å². The summed E-state index contributed by atoms with van der Waals surface area (Å²) in [5.74, 6) is -0.395. The normalized spacial score (nSPS) is 11.1. The van der Waals surface area contributed by atoms with Crippen LogP contribution >= 0.6 is 0 Å². The number of nitrogens with zero attached hydrogens (tertiary/aromatic N) is 2. The Labute approximate surface area is 145 Å². The van der Waals surface area contributed by atoms with Crippen molar-refractivity contribution in [3.05, 3.63) is 72.1 Å². The Balaban J connectivity index is 1.57. The average molecular weight is 331 g/mol. The number of carbonyl (C=O) groups excluding carboxylic acids is 1. The number of rotatable bonds is 6. The highest BCUT2D eigenvalue weighted by molar-refractivity contribution is 5.97. The van der Waals surface area contributed by atoms with Crippen LogP contribution in [-0.4, -0.2) is 22.6 Å². The summed E-state index contributed by atoms with van der Waals surface area (Å²) in [6, 6.07) is 17.4. The number of nitrogens with one attached hydrogen (secondary N) is 3. The van der Waals surface area contributed by atoms with E-state index in [1.54, 1.807) is 6.20 Å². The number of H-pyrrole nitrogens is 1. The fraction of sp³-hybridized carbons (Fsp3) is 0.105. The molecule has 0 aliphatic rings. The SMILES string of the molecule is N#C/C(=C/Nc1ccc2cn[nH]c2c1)C(=O)NCCc1ccccc1. The van der Waals surface area contributed by atoms with E-state index in [0.29, 0.717) is 6.54 Å². The van der Waals surface area contributed by atoms with Gasteiger partial charge >= 0.3 is 0 Å². The molecule has 124 valence electrons. The summed E-state index contributed by atoms with van der Waals surface area (Å²) >= 11 is 0. The maximum atomic E-state index is 12.1. The minimum absolute atomic E-state index is 0.0257. The van der Waals surface area contributed by atoms with Crippen molar-refractivity contribution in [1.82, 2.24) is 15.5 Å². The number of amides is 1. The molecule has 6 heteroatoms. The Kier molecular flexibility index (Phi) is 5.07. The zero-order chi connectivity index (χ0) is 17.5. The highest BCUT2D eigenvalue weighted by Gasteiger charge is 2.08. The highest BCUT2D eigenvalue weighted by Crippen LogP contribution is 2.16. The molecule has 0 radical (unpaired) electrons. The molecule has 0 unspecified atom stereocenters. The lowest BCUT2D eigenvalue weighted by Gasteiger charge is -2.05. The van der Waals surface area contributed by atoms with Gasteiger partial charge in [-0.15, -0.1) is 0 Å². The number of hydrogen-bond donors (Lipinski definition) is 3. The molecule has 1 amide bonds. The Morgan fingerprint density at radius 1 is 1.24 bits per heavy atom. The van der Waals surface area contributed by atoms with Gasteiger partial charge in [-0.05, 0) is 30.2 Å². The number of nitriles is 1. The molecule has 25 heavy (non-hydrogen) atoms. The van der Waals surface area contributed by atoms with Crippen molar-refractivity contribution in [2.24, 2.45) is 0 Å². The maximum Gasteiger partial charge on any atom is 0.263 e. The van der Waals surface area contributed by atoms with E-state index in [0.717, 1.165) is 28.6 Å². The zero-order valence-corrected chi connectivity index (χ0v) is 13.5. The molecule has 0 aliphatic heterocycles. The predicted molar refractivity (Wildman–Crippen MR) is 96.6 cm³/mol. The summed E-state index contributed by atoms with van der Waals surface area (Å²) in [7, 11) is 0. The Morgan fingerprint density at radius 3 is 2.88 bits per heavy atom. The van der Waals surface area contributed by atoms with E-state index in [1.165, 1.54) is 6.20 Å². The van der Waals surface area contributed by atoms with Gasteiger partial charge < -0.3 is 10.6 Å². The van der Waals surface area contributed by atoms with Crippen LogP contribution in [0.25, 0.3) is 10.9 Å². The Morgan fingerprint density at radius 2 is 2.08 bits per heavy atom. The van der Waals surface area contributed by atoms with Crippen LogP contribution in [0.2, 0.25) is 0 Å². The molecular weight excluding hydrogens is 314 g/mol. The van der Waals surface area contributed by atoms with Crippen LogP contribution in [0.4, 0.5) is 5.69 Å². The van der Waals surface area contributed by atoms with Crippen molar-refractivity contribution >= 4 is 22.5 Å². The summed E-state index contributed by atoms with van der Waals surface area (Å²) in [6.45, 7) is 0.474. The molecule has 0 atom stereocenters. The monoisotopic (exact) mass is 331 g/mol. The summed E-state index contributed by atoms with van der Waals surface area (Å²) in [4.78, 5) is 12.1. The Hall–Kier alpha value is -3.59. The van der Waals surface area contributed by atoms with Gasteiger partial charge in [-0.3, -0.25) is 9.89 Å². The van der Waals surface area contributed by atoms with Crippen molar-refractivity contribution in [3.8, 4) is 6.07 Å². The molecular formula is C19H17N5O. The molecule has 3 aromatic rings. The summed E-state index contributed by atoms with van der Waals surface area (Å²) < 4.78 is 0. The van der Waals surface area contributed by atoms with E-state index in [-0.39, 0.29) is 5.57 Å². The number of fused-ring (bicyclic) bond motifs is 1. The second kappa shape index (κ2) is 7.79. The van der Waals surface area contributed by atoms with Crippen molar-refractivity contribution in [2.75, 3.05) is 11.9 Å². The molecule has 0 fully saturated rings. The van der Waals surface area contributed by atoms with E-state index in [2.05, 4.69) is 20.8 Å². The quantitative estimate of drug-likeness (QED) is 0.478. The third kappa shape index (κ3) is 4.24. The molecule has 0 aliphatic carbocycles. The standard InChI is InChI=1S/C19H17N5O/c20-11-16(19(25)21-9-8-14-4-2-1-3-5-14)12-22-17-7-6-15-13-23-24-18(15)10-17/h1-7,10,12-13,22H,8-9H2,(H,21,25)(H,23,24)/b16-12-. The lowest BCUT2D eigenvalue weighted by molar-refractivity contribution is -0.117. The lowest BCUT2D eigenvalue weighted by atomic mass is 10.1. The summed E-state index contributed by atoms with van der Waals surface area (Å²) in [5.41, 5.74) is 2.81. The molecule has 0 spiro atoms. The van der Waals surface area contributed by atoms with Gasteiger partial charge in [0, 0.05) is 23.8 Å². The minimum Gasteiger partial charge on any atom is -0.360 e. The second-order valence-electron chi connectivity index (χ2n) is 5.48. The van der Waals surface area contributed by atoms with Crippen LogP contribution in [-0.2, 0) is 11.2 Å². The first kappa shape index (κ1) is 16.3. The van der Waals surface area contributed by atoms with Crippen LogP contribution < -0.4 is 10.6 Å². The topological polar surface area (TPSA) is 93.6 Å². The minimum atomic E-state index is -0.395. The van der Waals surface area contributed by atoms with Crippen LogP contribution in [0.1, 0.15) is 5.56 Å². The first-order valence-corrected chi connectivity index (χ1v) is 7.88. The van der Waals surface area contributed by atoms with Gasteiger partial charge in [-0.25, -0.2) is 0 Å². The van der Waals surface area contributed by atoms with Gasteiger partial charge in [0.15, 0.2) is 0 Å². The van der Waals surface area contributed by atoms with Crippen molar-refractivity contribution in [3.63, 3.8) is 0 Å². The van der Waals surface area contributed by atoms with Gasteiger partial charge in [-0.1, -0.05) is 30.3 Å². The van der Waals surface area contributed by atoms with Gasteiger partial charge in [0.25, 0.3) is 5.91 Å². The molecule has 1 heterocycles. The van der Waals surface area contributed by atoms with Gasteiger partial charge in [0.05, 0.1) is 11.7 Å². The number of aromatic amines is 1. The Bertz CT molecular complexity index is 937. The molecule has 2 aromatic carbocycles. The molecule has 0 bridgehead atoms. The fourth-order valence-corrected chi connectivity index (χ4v) is 2.39. The number of benzene rings is 2. The molecule has 0 saturated carbocycles. The van der Waals surface area contributed by atoms with Crippen molar-refractivity contribution in [1.29, 1.82) is 5.26 Å². The predicted octanol–water partition coefficient (Wildman–Crippen LogP) is 2.74. The third-order valence-electron chi connectivity index (χ3n) is 3.73. The first-order chi connectivity index (χ1) is 12.3. The van der Waals surface area contributed by atoms with Crippen LogP contribution in [0, 0.1) is 11.3 Å². The highest BCUT2D eigenvalue weighted by atomic mass is 16.1. The fourth-order valence-electron chi connectivity index (χ4n) is 2.39. The van der Waals surface area contributed by atoms with Crippen molar-refractivity contribution in [2.45, 2.75) is 6.42 Å². The lowest BCUT2D eigenvalue weighted by Crippen LogP contribution is -2.27. The van der Waals surface area contributed by atoms with Crippen molar-refractivity contribution < 1.29 is 4.79 Å². The third-order valence-corrected chi connectivity index (χ3v) is 3.73. The molecule has 1 aromatic heterocycles. The second-order valence-corrected chi connectivity index (χ2v) is 5.48. The number of carbonyl (C=O) groups is 1. The summed E-state index contributed by atoms with van der Waals surface area (Å²) in [5, 5.41) is 22.7. The van der Waals surface area contributed by atoms with E-state index in [4.69, 9.17) is 0 Å². The van der Waals surface area contributed by atoms with Gasteiger partial charge in [-0.2, -0.15) is 10.4 Å². The number of aromatic nitrogens is 2. The number of anilines is 1. The maximum absolute atomic E-state index is 12.1. The molecule has 0 saturated heterocycles. The van der Waals surface area contributed by atoms with Crippen LogP contribution in [0.15, 0.2) is 66.5 Å². The van der Waals surface area contributed by atoms with Crippen LogP contribution in [0.3, 0.4) is 0 Å². The van der Waals surface area contributed by atoms with E-state index < -0.39 is 5.91 Å². The molecule has 3 rings (SSSR count). The van der Waals surface area contributed by atoms with Gasteiger partial charge in [0.1, 0.15) is 11.6 Å². The van der Waals surface area contributed by atoms with Gasteiger partial charge in [0.2, 0.25) is 0 Å². The van der Waals surface area contributed by atoms with E-state index in [1.807, 2.05) is 54.6 Å². The average Bonchev–Trinajstić information content (AvgIpc) is 3.11. The largest absolute Gasteiger partial charge is 0.360 e. The molecule has 3 N–H and O–H groups in total. The smallest absolute Gasteiger partial charge is 0.263 e. The van der Waals surface area contributed by atoms with E-state index in [9.17, 15) is 10.1 Å². The summed E-state index contributed by atoms with van der Waals surface area (Å²) in [6.07, 6.45) is 3.86.